The lowest BCUT2D eigenvalue weighted by Crippen LogP contribution is -2.33. The van der Waals surface area contributed by atoms with Crippen molar-refractivity contribution in [3.8, 4) is 11.8 Å². The number of nitrogens with one attached hydrogen (secondary N) is 2. The summed E-state index contributed by atoms with van der Waals surface area (Å²) in [6.07, 6.45) is 2.94. The minimum Gasteiger partial charge on any atom is -0.324 e. The highest BCUT2D eigenvalue weighted by Gasteiger charge is 2.08. The lowest BCUT2D eigenvalue weighted by Gasteiger charge is -2.07. The van der Waals surface area contributed by atoms with Gasteiger partial charge in [-0.2, -0.15) is 0 Å². The molecule has 0 fully saturated rings. The van der Waals surface area contributed by atoms with E-state index in [1.54, 1.807) is 30.5 Å². The van der Waals surface area contributed by atoms with Gasteiger partial charge in [0, 0.05) is 23.6 Å². The van der Waals surface area contributed by atoms with Crippen molar-refractivity contribution in [3.05, 3.63) is 91.4 Å². The number of carbonyl (C=O) groups is 1. The summed E-state index contributed by atoms with van der Waals surface area (Å²) in [5.41, 5.74) is 0.700. The van der Waals surface area contributed by atoms with Gasteiger partial charge in [-0.15, -0.1) is 0 Å². The summed E-state index contributed by atoms with van der Waals surface area (Å²) in [5, 5.41) is 2.70. The number of hydrogen-bond donors (Lipinski definition) is 2. The quantitative estimate of drug-likeness (QED) is 0.625. The van der Waals surface area contributed by atoms with E-state index in [9.17, 15) is 14.4 Å². The Morgan fingerprint density at radius 1 is 1.19 bits per heavy atom. The van der Waals surface area contributed by atoms with Crippen molar-refractivity contribution >= 4 is 27.5 Å². The molecule has 0 saturated heterocycles. The predicted molar refractivity (Wildman–Crippen MR) is 104 cm³/mol. The van der Waals surface area contributed by atoms with Crippen molar-refractivity contribution in [3.63, 3.8) is 0 Å². The molecule has 0 aliphatic heterocycles. The summed E-state index contributed by atoms with van der Waals surface area (Å²) >= 11 is 3.03. The molecule has 0 spiro atoms. The molecule has 134 valence electrons. The molecule has 2 N–H and O–H groups in total. The smallest absolute Gasteiger partial charge is 0.324 e. The first kappa shape index (κ1) is 18.4. The van der Waals surface area contributed by atoms with Crippen molar-refractivity contribution < 1.29 is 4.79 Å². The van der Waals surface area contributed by atoms with E-state index < -0.39 is 17.2 Å². The summed E-state index contributed by atoms with van der Waals surface area (Å²) in [6.45, 7) is -0.238. The van der Waals surface area contributed by atoms with Crippen LogP contribution in [-0.4, -0.2) is 20.4 Å². The first-order chi connectivity index (χ1) is 13.0. The largest absolute Gasteiger partial charge is 0.328 e. The average Bonchev–Trinajstić information content (AvgIpc) is 2.65. The summed E-state index contributed by atoms with van der Waals surface area (Å²) < 4.78 is 1.27. The lowest BCUT2D eigenvalue weighted by molar-refractivity contribution is -0.116. The Morgan fingerprint density at radius 3 is 2.81 bits per heavy atom. The number of aromatic amines is 1. The molecule has 1 aromatic carbocycles. The molecule has 0 aliphatic rings. The van der Waals surface area contributed by atoms with E-state index in [2.05, 4.69) is 43.1 Å². The number of H-pyrrole nitrogens is 1. The molecule has 8 heteroatoms. The predicted octanol–water partition coefficient (Wildman–Crippen LogP) is 1.73. The number of benzene rings is 1. The number of halogens is 1. The average molecular weight is 425 g/mol. The topological polar surface area (TPSA) is 96.9 Å². The number of pyridine rings is 1. The van der Waals surface area contributed by atoms with Crippen LogP contribution < -0.4 is 16.6 Å². The molecule has 3 rings (SSSR count). The van der Waals surface area contributed by atoms with Crippen molar-refractivity contribution in [2.24, 2.45) is 0 Å². The Hall–Kier alpha value is -3.44. The summed E-state index contributed by atoms with van der Waals surface area (Å²) in [4.78, 5) is 41.5. The Kier molecular flexibility index (Phi) is 5.64. The SMILES string of the molecule is O=C(Cn1cc(Br)c(=O)[nH]c1=O)Nc1cccc(C#Cc2ccccn2)c1. The van der Waals surface area contributed by atoms with Gasteiger partial charge in [-0.3, -0.25) is 19.1 Å². The minimum atomic E-state index is -0.659. The number of anilines is 1. The molecule has 0 atom stereocenters. The Morgan fingerprint density at radius 2 is 2.04 bits per heavy atom. The zero-order chi connectivity index (χ0) is 19.2. The maximum absolute atomic E-state index is 12.2. The van der Waals surface area contributed by atoms with Gasteiger partial charge in [-0.25, -0.2) is 9.78 Å². The van der Waals surface area contributed by atoms with E-state index in [0.29, 0.717) is 16.9 Å². The lowest BCUT2D eigenvalue weighted by atomic mass is 10.2. The van der Waals surface area contributed by atoms with Crippen LogP contribution >= 0.6 is 15.9 Å². The molecule has 0 aliphatic carbocycles. The maximum atomic E-state index is 12.2. The molecule has 0 radical (unpaired) electrons. The van der Waals surface area contributed by atoms with Crippen LogP contribution in [0.1, 0.15) is 11.3 Å². The van der Waals surface area contributed by atoms with Crippen LogP contribution in [0, 0.1) is 11.8 Å². The molecular weight excluding hydrogens is 412 g/mol. The zero-order valence-corrected chi connectivity index (χ0v) is 15.5. The van der Waals surface area contributed by atoms with Crippen LogP contribution in [0.2, 0.25) is 0 Å². The second-order valence-electron chi connectivity index (χ2n) is 5.46. The van der Waals surface area contributed by atoms with E-state index in [0.717, 1.165) is 4.57 Å². The Balaban J connectivity index is 1.72. The molecule has 0 bridgehead atoms. The van der Waals surface area contributed by atoms with Crippen LogP contribution in [-0.2, 0) is 11.3 Å². The van der Waals surface area contributed by atoms with Crippen LogP contribution in [0.5, 0.6) is 0 Å². The third-order valence-corrected chi connectivity index (χ3v) is 3.99. The molecule has 3 aromatic rings. The number of carbonyl (C=O) groups excluding carboxylic acids is 1. The van der Waals surface area contributed by atoms with E-state index in [1.165, 1.54) is 6.20 Å². The molecule has 2 aromatic heterocycles. The van der Waals surface area contributed by atoms with Crippen molar-refractivity contribution in [2.45, 2.75) is 6.54 Å². The van der Waals surface area contributed by atoms with Crippen molar-refractivity contribution in [1.29, 1.82) is 0 Å². The number of rotatable bonds is 3. The van der Waals surface area contributed by atoms with Gasteiger partial charge >= 0.3 is 5.69 Å². The monoisotopic (exact) mass is 424 g/mol. The van der Waals surface area contributed by atoms with Gasteiger partial charge in [0.1, 0.15) is 12.2 Å². The standard InChI is InChI=1S/C19H13BrN4O3/c20-16-11-24(19(27)23-18(16)26)12-17(25)22-15-6-3-4-13(10-15)7-8-14-5-1-2-9-21-14/h1-6,9-11H,12H2,(H,22,25)(H,23,26,27). The molecule has 2 heterocycles. The van der Waals surface area contributed by atoms with E-state index in [-0.39, 0.29) is 11.0 Å². The molecule has 1 amide bonds. The summed E-state index contributed by atoms with van der Waals surface area (Å²) in [6, 6.07) is 12.5. The normalized spacial score (nSPS) is 9.96. The first-order valence-corrected chi connectivity index (χ1v) is 8.63. The van der Waals surface area contributed by atoms with Gasteiger partial charge in [-0.05, 0) is 52.2 Å². The van der Waals surface area contributed by atoms with Gasteiger partial charge in [0.15, 0.2) is 0 Å². The van der Waals surface area contributed by atoms with E-state index >= 15 is 0 Å². The molecular formula is C19H13BrN4O3. The second-order valence-corrected chi connectivity index (χ2v) is 6.31. The highest BCUT2D eigenvalue weighted by atomic mass is 79.9. The van der Waals surface area contributed by atoms with E-state index in [1.807, 2.05) is 18.2 Å². The van der Waals surface area contributed by atoms with Crippen LogP contribution in [0.3, 0.4) is 0 Å². The fraction of sp³-hybridized carbons (Fsp3) is 0.0526. The van der Waals surface area contributed by atoms with Crippen molar-refractivity contribution in [1.82, 2.24) is 14.5 Å². The third kappa shape index (κ3) is 5.03. The molecule has 7 nitrogen and oxygen atoms in total. The third-order valence-electron chi connectivity index (χ3n) is 3.43. The molecule has 0 unspecified atom stereocenters. The molecule has 27 heavy (non-hydrogen) atoms. The van der Waals surface area contributed by atoms with Gasteiger partial charge in [-0.1, -0.05) is 18.1 Å². The highest BCUT2D eigenvalue weighted by molar-refractivity contribution is 9.10. The van der Waals surface area contributed by atoms with Gasteiger partial charge in [0.2, 0.25) is 5.91 Å². The first-order valence-electron chi connectivity index (χ1n) is 7.83. The molecule has 0 saturated carbocycles. The number of aromatic nitrogens is 3. The van der Waals surface area contributed by atoms with Gasteiger partial charge < -0.3 is 5.32 Å². The Bertz CT molecular complexity index is 1160. The number of hydrogen-bond acceptors (Lipinski definition) is 4. The second kappa shape index (κ2) is 8.29. The van der Waals surface area contributed by atoms with E-state index in [4.69, 9.17) is 0 Å². The number of amides is 1. The Labute approximate surface area is 162 Å². The fourth-order valence-electron chi connectivity index (χ4n) is 2.20. The minimum absolute atomic E-state index is 0.168. The van der Waals surface area contributed by atoms with Gasteiger partial charge in [0.05, 0.1) is 4.47 Å². The number of nitrogens with zero attached hydrogens (tertiary/aromatic N) is 2. The highest BCUT2D eigenvalue weighted by Crippen LogP contribution is 2.10. The fourth-order valence-corrected chi connectivity index (χ4v) is 2.55. The van der Waals surface area contributed by atoms with Crippen LogP contribution in [0.15, 0.2) is 68.9 Å². The van der Waals surface area contributed by atoms with Crippen LogP contribution in [0.25, 0.3) is 0 Å². The van der Waals surface area contributed by atoms with Crippen molar-refractivity contribution in [2.75, 3.05) is 5.32 Å². The van der Waals surface area contributed by atoms with Crippen LogP contribution in [0.4, 0.5) is 5.69 Å². The zero-order valence-electron chi connectivity index (χ0n) is 13.9. The summed E-state index contributed by atoms with van der Waals surface area (Å²) in [5.74, 6) is 5.51. The summed E-state index contributed by atoms with van der Waals surface area (Å²) in [7, 11) is 0. The maximum Gasteiger partial charge on any atom is 0.328 e. The van der Waals surface area contributed by atoms with Gasteiger partial charge in [0.25, 0.3) is 5.56 Å².